The van der Waals surface area contributed by atoms with Gasteiger partial charge in [-0.15, -0.1) is 0 Å². The van der Waals surface area contributed by atoms with Crippen molar-refractivity contribution in [2.45, 2.75) is 78.0 Å². The van der Waals surface area contributed by atoms with Crippen LogP contribution in [0.1, 0.15) is 92.6 Å². The molecule has 8 heteroatoms. The number of carbonyl (C=O) groups excluding carboxylic acids is 2. The summed E-state index contributed by atoms with van der Waals surface area (Å²) in [6, 6.07) is 17.8. The van der Waals surface area contributed by atoms with E-state index >= 15 is 0 Å². The van der Waals surface area contributed by atoms with Crippen molar-refractivity contribution in [2.24, 2.45) is 0 Å². The second kappa shape index (κ2) is 14.8. The van der Waals surface area contributed by atoms with Crippen LogP contribution in [0.4, 0.5) is 4.39 Å². The first-order chi connectivity index (χ1) is 20.9. The van der Waals surface area contributed by atoms with E-state index in [4.69, 9.17) is 21.1 Å². The second-order valence-corrected chi connectivity index (χ2v) is 12.4. The minimum absolute atomic E-state index is 0.0282. The standard InChI is InChI=1S/C22H22ClFN2O2.C14H18O2/c1-2-17(18-8-7-16(24)12-19(18)23)22(27)14-6-9-20-15(11-14)13-25-26(20)21-5-3-4-10-28-21;1-11-5-7-12(8-6-11)9-10-13(15)16-14(2,3)4/h6-9,11-13,17,21H,2-5,10H2,1H3;5-10H,1-4H3/b;10-9+. The summed E-state index contributed by atoms with van der Waals surface area (Å²) in [4.78, 5) is 24.6. The van der Waals surface area contributed by atoms with Crippen LogP contribution >= 0.6 is 11.6 Å². The highest BCUT2D eigenvalue weighted by molar-refractivity contribution is 6.31. The van der Waals surface area contributed by atoms with E-state index in [-0.39, 0.29) is 23.0 Å². The Morgan fingerprint density at radius 1 is 1.11 bits per heavy atom. The fourth-order valence-electron chi connectivity index (χ4n) is 5.06. The van der Waals surface area contributed by atoms with Gasteiger partial charge >= 0.3 is 5.97 Å². The molecule has 5 rings (SSSR count). The molecule has 0 bridgehead atoms. The summed E-state index contributed by atoms with van der Waals surface area (Å²) in [5, 5.41) is 5.67. The molecule has 1 aromatic heterocycles. The summed E-state index contributed by atoms with van der Waals surface area (Å²) >= 11 is 6.20. The quantitative estimate of drug-likeness (QED) is 0.117. The number of rotatable bonds is 7. The normalized spacial score (nSPS) is 15.9. The molecule has 1 fully saturated rings. The minimum Gasteiger partial charge on any atom is -0.457 e. The van der Waals surface area contributed by atoms with E-state index in [0.29, 0.717) is 17.5 Å². The van der Waals surface area contributed by atoms with Gasteiger partial charge in [0.2, 0.25) is 0 Å². The first-order valence-electron chi connectivity index (χ1n) is 15.0. The molecule has 4 aromatic rings. The Morgan fingerprint density at radius 3 is 2.50 bits per heavy atom. The zero-order valence-corrected chi connectivity index (χ0v) is 26.7. The number of ether oxygens (including phenoxy) is 2. The average molecular weight is 619 g/mol. The van der Waals surface area contributed by atoms with Gasteiger partial charge in [-0.25, -0.2) is 13.9 Å². The van der Waals surface area contributed by atoms with Crippen LogP contribution in [0.25, 0.3) is 17.0 Å². The van der Waals surface area contributed by atoms with Crippen LogP contribution in [0.3, 0.4) is 0 Å². The Kier molecular flexibility index (Phi) is 11.1. The first kappa shape index (κ1) is 33.1. The summed E-state index contributed by atoms with van der Waals surface area (Å²) < 4.78 is 26.3. The van der Waals surface area contributed by atoms with Gasteiger partial charge in [0.05, 0.1) is 11.7 Å². The molecule has 1 aliphatic heterocycles. The molecule has 0 amide bonds. The van der Waals surface area contributed by atoms with E-state index in [9.17, 15) is 14.0 Å². The lowest BCUT2D eigenvalue weighted by Crippen LogP contribution is -2.22. The predicted octanol–water partition coefficient (Wildman–Crippen LogP) is 9.25. The fraction of sp³-hybridized carbons (Fsp3) is 0.361. The van der Waals surface area contributed by atoms with Crippen molar-refractivity contribution in [3.63, 3.8) is 0 Å². The Morgan fingerprint density at radius 2 is 1.86 bits per heavy atom. The van der Waals surface area contributed by atoms with Crippen LogP contribution < -0.4 is 0 Å². The molecule has 1 aliphatic rings. The molecule has 3 aromatic carbocycles. The molecule has 0 aliphatic carbocycles. The summed E-state index contributed by atoms with van der Waals surface area (Å²) in [5.41, 5.74) is 3.97. The van der Waals surface area contributed by atoms with Gasteiger partial charge in [-0.3, -0.25) is 4.79 Å². The number of fused-ring (bicyclic) bond motifs is 1. The molecular weight excluding hydrogens is 579 g/mol. The number of Topliss-reactive ketones (excluding diaryl/α,β-unsaturated/α-hetero) is 1. The molecular formula is C36H40ClFN2O4. The summed E-state index contributed by atoms with van der Waals surface area (Å²) in [5.74, 6) is -1.16. The molecule has 0 radical (unpaired) electrons. The maximum atomic E-state index is 13.4. The van der Waals surface area contributed by atoms with E-state index in [0.717, 1.165) is 42.3 Å². The monoisotopic (exact) mass is 618 g/mol. The average Bonchev–Trinajstić information content (AvgIpc) is 3.41. The number of esters is 1. The van der Waals surface area contributed by atoms with E-state index in [1.807, 2.05) is 81.8 Å². The molecule has 1 saturated heterocycles. The van der Waals surface area contributed by atoms with Gasteiger partial charge in [0.1, 0.15) is 11.4 Å². The van der Waals surface area contributed by atoms with Gasteiger partial charge < -0.3 is 9.47 Å². The maximum absolute atomic E-state index is 13.4. The SMILES string of the molecule is CCC(C(=O)c1ccc2c(cnn2C2CCCCO2)c1)c1ccc(F)cc1Cl.Cc1ccc(/C=C/C(=O)OC(C)(C)C)cc1. The van der Waals surface area contributed by atoms with Crippen molar-refractivity contribution in [3.8, 4) is 0 Å². The highest BCUT2D eigenvalue weighted by Gasteiger charge is 2.24. The zero-order valence-electron chi connectivity index (χ0n) is 26.0. The second-order valence-electron chi connectivity index (χ2n) is 12.0. The van der Waals surface area contributed by atoms with Crippen LogP contribution in [-0.2, 0) is 14.3 Å². The number of benzene rings is 3. The number of ketones is 1. The number of hydrogen-bond acceptors (Lipinski definition) is 5. The highest BCUT2D eigenvalue weighted by atomic mass is 35.5. The van der Waals surface area contributed by atoms with Crippen molar-refractivity contribution in [3.05, 3.63) is 106 Å². The number of carbonyl (C=O) groups is 2. The number of aromatic nitrogens is 2. The van der Waals surface area contributed by atoms with E-state index in [1.165, 1.54) is 23.8 Å². The molecule has 2 heterocycles. The Hall–Kier alpha value is -3.81. The van der Waals surface area contributed by atoms with E-state index < -0.39 is 17.3 Å². The maximum Gasteiger partial charge on any atom is 0.331 e. The van der Waals surface area contributed by atoms with Crippen LogP contribution in [0, 0.1) is 12.7 Å². The third-order valence-corrected chi connectivity index (χ3v) is 7.59. The zero-order chi connectivity index (χ0) is 31.9. The number of hydrogen-bond donors (Lipinski definition) is 0. The van der Waals surface area contributed by atoms with Crippen LogP contribution in [0.2, 0.25) is 5.02 Å². The largest absolute Gasteiger partial charge is 0.457 e. The summed E-state index contributed by atoms with van der Waals surface area (Å²) in [7, 11) is 0. The lowest BCUT2D eigenvalue weighted by molar-refractivity contribution is -0.148. The van der Waals surface area contributed by atoms with Crippen LogP contribution in [0.15, 0.2) is 72.9 Å². The van der Waals surface area contributed by atoms with Crippen molar-refractivity contribution in [1.82, 2.24) is 9.78 Å². The number of halogens is 2. The Labute approximate surface area is 263 Å². The summed E-state index contributed by atoms with van der Waals surface area (Å²) in [6.07, 6.45) is 8.67. The molecule has 0 spiro atoms. The number of aryl methyl sites for hydroxylation is 1. The smallest absolute Gasteiger partial charge is 0.331 e. The van der Waals surface area contributed by atoms with Crippen LogP contribution in [-0.4, -0.2) is 33.7 Å². The lowest BCUT2D eigenvalue weighted by Gasteiger charge is -2.23. The first-order valence-corrected chi connectivity index (χ1v) is 15.4. The van der Waals surface area contributed by atoms with Gasteiger partial charge in [-0.2, -0.15) is 5.10 Å². The molecule has 0 saturated carbocycles. The molecule has 2 atom stereocenters. The van der Waals surface area contributed by atoms with Crippen LogP contribution in [0.5, 0.6) is 0 Å². The van der Waals surface area contributed by atoms with Gasteiger partial charge in [0.15, 0.2) is 12.0 Å². The van der Waals surface area contributed by atoms with Crippen molar-refractivity contribution in [2.75, 3.05) is 6.61 Å². The molecule has 6 nitrogen and oxygen atoms in total. The summed E-state index contributed by atoms with van der Waals surface area (Å²) in [6.45, 7) is 10.3. The third kappa shape index (κ3) is 8.87. The van der Waals surface area contributed by atoms with Gasteiger partial charge in [-0.05, 0) is 101 Å². The van der Waals surface area contributed by atoms with Gasteiger partial charge in [0.25, 0.3) is 0 Å². The van der Waals surface area contributed by atoms with Crippen molar-refractivity contribution < 1.29 is 23.5 Å². The van der Waals surface area contributed by atoms with Gasteiger partial charge in [0, 0.05) is 34.6 Å². The topological polar surface area (TPSA) is 70.4 Å². The molecule has 2 unspecified atom stereocenters. The predicted molar refractivity (Wildman–Crippen MR) is 173 cm³/mol. The van der Waals surface area contributed by atoms with E-state index in [1.54, 1.807) is 18.3 Å². The Bertz CT molecular complexity index is 1620. The van der Waals surface area contributed by atoms with Gasteiger partial charge in [-0.1, -0.05) is 54.4 Å². The third-order valence-electron chi connectivity index (χ3n) is 7.27. The van der Waals surface area contributed by atoms with Crippen molar-refractivity contribution >= 4 is 40.3 Å². The Balaban J connectivity index is 0.000000236. The fourth-order valence-corrected chi connectivity index (χ4v) is 5.36. The van der Waals surface area contributed by atoms with Crippen molar-refractivity contribution in [1.29, 1.82) is 0 Å². The molecule has 44 heavy (non-hydrogen) atoms. The van der Waals surface area contributed by atoms with E-state index in [2.05, 4.69) is 5.10 Å². The lowest BCUT2D eigenvalue weighted by atomic mass is 9.88. The molecule has 232 valence electrons. The minimum atomic E-state index is -0.436. The number of nitrogens with zero attached hydrogens (tertiary/aromatic N) is 2. The highest BCUT2D eigenvalue weighted by Crippen LogP contribution is 2.32. The molecule has 0 N–H and O–H groups in total.